The summed E-state index contributed by atoms with van der Waals surface area (Å²) < 4.78 is 10.8. The van der Waals surface area contributed by atoms with Crippen molar-refractivity contribution in [3.05, 3.63) is 35.9 Å². The molecule has 0 saturated carbocycles. The number of hydrogen-bond donors (Lipinski definition) is 5. The Morgan fingerprint density at radius 2 is 1.86 bits per heavy atom. The van der Waals surface area contributed by atoms with Gasteiger partial charge in [0.1, 0.15) is 30.5 Å². The van der Waals surface area contributed by atoms with Crippen LogP contribution in [0.25, 0.3) is 0 Å². The molecule has 0 aliphatic carbocycles. The Bertz CT molecular complexity index is 672. The van der Waals surface area contributed by atoms with Crippen molar-refractivity contribution in [1.29, 1.82) is 0 Å². The molecule has 2 amide bonds. The highest BCUT2D eigenvalue weighted by Gasteiger charge is 2.46. The van der Waals surface area contributed by atoms with Crippen molar-refractivity contribution in [3.63, 3.8) is 0 Å². The number of aliphatic hydroxyl groups is 3. The van der Waals surface area contributed by atoms with E-state index in [9.17, 15) is 24.9 Å². The minimum absolute atomic E-state index is 0.155. The minimum atomic E-state index is -1.50. The normalized spacial score (nSPS) is 29.0. The van der Waals surface area contributed by atoms with Gasteiger partial charge in [-0.2, -0.15) is 0 Å². The van der Waals surface area contributed by atoms with E-state index in [0.717, 1.165) is 5.56 Å². The van der Waals surface area contributed by atoms with Gasteiger partial charge in [0.05, 0.1) is 6.61 Å². The SMILES string of the molecule is CC(=O)N[C@H]1C(O)O[C@H](CO)C(O)[C@@H]1O[C@H](C)C(=O)N[C@@H](C)Cc1ccccc1. The van der Waals surface area contributed by atoms with Crippen molar-refractivity contribution < 1.29 is 34.4 Å². The molecular weight excluding hydrogens is 380 g/mol. The zero-order valence-electron chi connectivity index (χ0n) is 16.8. The Morgan fingerprint density at radius 1 is 1.21 bits per heavy atom. The molecule has 0 aromatic heterocycles. The first-order chi connectivity index (χ1) is 13.7. The summed E-state index contributed by atoms with van der Waals surface area (Å²) >= 11 is 0. The lowest BCUT2D eigenvalue weighted by Gasteiger charge is -2.43. The molecule has 2 unspecified atom stereocenters. The van der Waals surface area contributed by atoms with Gasteiger partial charge in [-0.15, -0.1) is 0 Å². The molecule has 7 atom stereocenters. The van der Waals surface area contributed by atoms with Gasteiger partial charge in [-0.25, -0.2) is 0 Å². The van der Waals surface area contributed by atoms with E-state index in [2.05, 4.69) is 10.6 Å². The monoisotopic (exact) mass is 410 g/mol. The minimum Gasteiger partial charge on any atom is -0.394 e. The van der Waals surface area contributed by atoms with Gasteiger partial charge < -0.3 is 35.4 Å². The molecule has 1 aliphatic rings. The molecule has 9 nitrogen and oxygen atoms in total. The molecule has 1 aromatic rings. The number of amides is 2. The topological polar surface area (TPSA) is 137 Å². The molecule has 1 heterocycles. The zero-order chi connectivity index (χ0) is 21.6. The van der Waals surface area contributed by atoms with Crippen LogP contribution in [0.1, 0.15) is 26.3 Å². The number of aliphatic hydroxyl groups excluding tert-OH is 3. The van der Waals surface area contributed by atoms with Crippen molar-refractivity contribution in [3.8, 4) is 0 Å². The Morgan fingerprint density at radius 3 is 2.45 bits per heavy atom. The van der Waals surface area contributed by atoms with Gasteiger partial charge in [0.2, 0.25) is 11.8 Å². The molecule has 0 radical (unpaired) electrons. The van der Waals surface area contributed by atoms with Crippen molar-refractivity contribution in [2.24, 2.45) is 0 Å². The van der Waals surface area contributed by atoms with Gasteiger partial charge in [0, 0.05) is 13.0 Å². The summed E-state index contributed by atoms with van der Waals surface area (Å²) in [5.74, 6) is -0.863. The van der Waals surface area contributed by atoms with Crippen LogP contribution < -0.4 is 10.6 Å². The molecule has 29 heavy (non-hydrogen) atoms. The molecule has 0 bridgehead atoms. The number of nitrogens with one attached hydrogen (secondary N) is 2. The number of benzene rings is 1. The van der Waals surface area contributed by atoms with E-state index >= 15 is 0 Å². The van der Waals surface area contributed by atoms with Gasteiger partial charge in [0.25, 0.3) is 0 Å². The number of hydrogen-bond acceptors (Lipinski definition) is 7. The average Bonchev–Trinajstić information content (AvgIpc) is 2.67. The molecule has 1 fully saturated rings. The van der Waals surface area contributed by atoms with E-state index in [1.807, 2.05) is 37.3 Å². The van der Waals surface area contributed by atoms with E-state index in [-0.39, 0.29) is 6.04 Å². The van der Waals surface area contributed by atoms with Gasteiger partial charge >= 0.3 is 0 Å². The number of carbonyl (C=O) groups excluding carboxylic acids is 2. The lowest BCUT2D eigenvalue weighted by Crippen LogP contribution is -2.65. The number of ether oxygens (including phenoxy) is 2. The number of carbonyl (C=O) groups is 2. The first-order valence-electron chi connectivity index (χ1n) is 9.62. The highest BCUT2D eigenvalue weighted by atomic mass is 16.6. The Kier molecular flexibility index (Phi) is 8.54. The summed E-state index contributed by atoms with van der Waals surface area (Å²) in [6.07, 6.45) is -5.45. The second kappa shape index (κ2) is 10.7. The van der Waals surface area contributed by atoms with Crippen LogP contribution in [-0.2, 0) is 25.5 Å². The predicted molar refractivity (Wildman–Crippen MR) is 104 cm³/mol. The van der Waals surface area contributed by atoms with Gasteiger partial charge in [-0.05, 0) is 25.8 Å². The van der Waals surface area contributed by atoms with E-state index in [0.29, 0.717) is 6.42 Å². The van der Waals surface area contributed by atoms with Crippen LogP contribution in [0.15, 0.2) is 30.3 Å². The predicted octanol–water partition coefficient (Wildman–Crippen LogP) is -0.917. The van der Waals surface area contributed by atoms with E-state index in [1.54, 1.807) is 0 Å². The van der Waals surface area contributed by atoms with E-state index in [1.165, 1.54) is 13.8 Å². The van der Waals surface area contributed by atoms with E-state index < -0.39 is 55.2 Å². The highest BCUT2D eigenvalue weighted by molar-refractivity contribution is 5.80. The maximum atomic E-state index is 12.5. The van der Waals surface area contributed by atoms with Crippen LogP contribution in [0.2, 0.25) is 0 Å². The van der Waals surface area contributed by atoms with Crippen molar-refractivity contribution in [2.45, 2.75) is 70.0 Å². The molecule has 162 valence electrons. The second-order valence-electron chi connectivity index (χ2n) is 7.31. The fraction of sp³-hybridized carbons (Fsp3) is 0.600. The van der Waals surface area contributed by atoms with Gasteiger partial charge in [0.15, 0.2) is 6.29 Å². The van der Waals surface area contributed by atoms with Gasteiger partial charge in [-0.3, -0.25) is 9.59 Å². The summed E-state index contributed by atoms with van der Waals surface area (Å²) in [6.45, 7) is 4.07. The van der Waals surface area contributed by atoms with Crippen LogP contribution >= 0.6 is 0 Å². The fourth-order valence-electron chi connectivity index (χ4n) is 3.31. The molecule has 0 spiro atoms. The van der Waals surface area contributed by atoms with E-state index in [4.69, 9.17) is 9.47 Å². The third-order valence-electron chi connectivity index (χ3n) is 4.75. The summed E-state index contributed by atoms with van der Waals surface area (Å²) in [5.41, 5.74) is 1.08. The van der Waals surface area contributed by atoms with Crippen LogP contribution in [0, 0.1) is 0 Å². The highest BCUT2D eigenvalue weighted by Crippen LogP contribution is 2.23. The zero-order valence-corrected chi connectivity index (χ0v) is 16.8. The third-order valence-corrected chi connectivity index (χ3v) is 4.75. The molecule has 9 heteroatoms. The fourth-order valence-corrected chi connectivity index (χ4v) is 3.31. The van der Waals surface area contributed by atoms with Crippen molar-refractivity contribution in [2.75, 3.05) is 6.61 Å². The third kappa shape index (κ3) is 6.48. The molecule has 1 aliphatic heterocycles. The van der Waals surface area contributed by atoms with Crippen LogP contribution in [0.3, 0.4) is 0 Å². The Hall–Kier alpha value is -2.04. The average molecular weight is 410 g/mol. The van der Waals surface area contributed by atoms with Gasteiger partial charge in [-0.1, -0.05) is 30.3 Å². The molecule has 2 rings (SSSR count). The maximum absolute atomic E-state index is 12.5. The molecule has 1 aromatic carbocycles. The largest absolute Gasteiger partial charge is 0.394 e. The summed E-state index contributed by atoms with van der Waals surface area (Å²) in [6, 6.07) is 8.45. The lowest BCUT2D eigenvalue weighted by molar-refractivity contribution is -0.266. The summed E-state index contributed by atoms with van der Waals surface area (Å²) in [4.78, 5) is 24.0. The second-order valence-corrected chi connectivity index (χ2v) is 7.31. The van der Waals surface area contributed by atoms with Crippen molar-refractivity contribution in [1.82, 2.24) is 10.6 Å². The standard InChI is InChI=1S/C20H30N2O7/c1-11(9-14-7-5-4-6-8-14)21-19(26)12(2)28-18-16(22-13(3)24)20(27)29-15(10-23)17(18)25/h4-8,11-12,15-18,20,23,25,27H,9-10H2,1-3H3,(H,21,26)(H,22,24)/t11-,12+,15+,16+,17?,18+,20?/m0/s1. The lowest BCUT2D eigenvalue weighted by atomic mass is 9.96. The van der Waals surface area contributed by atoms with Crippen LogP contribution in [0.4, 0.5) is 0 Å². The Balaban J connectivity index is 2.01. The first kappa shape index (κ1) is 23.2. The van der Waals surface area contributed by atoms with Crippen molar-refractivity contribution >= 4 is 11.8 Å². The van der Waals surface area contributed by atoms with Crippen LogP contribution in [0.5, 0.6) is 0 Å². The summed E-state index contributed by atoms with van der Waals surface area (Å²) in [5, 5.41) is 35.2. The molecular formula is C20H30N2O7. The smallest absolute Gasteiger partial charge is 0.249 e. The van der Waals surface area contributed by atoms with Crippen LogP contribution in [-0.4, -0.2) is 76.5 Å². The number of rotatable bonds is 8. The Labute approximate surface area is 170 Å². The molecule has 5 N–H and O–H groups in total. The summed E-state index contributed by atoms with van der Waals surface area (Å²) in [7, 11) is 0. The quantitative estimate of drug-likeness (QED) is 0.374. The maximum Gasteiger partial charge on any atom is 0.249 e. The first-order valence-corrected chi connectivity index (χ1v) is 9.62. The molecule has 1 saturated heterocycles.